The number of sulfonamides is 1. The number of nitrogens with zero attached hydrogens (tertiary/aromatic N) is 4. The van der Waals surface area contributed by atoms with Crippen molar-refractivity contribution in [2.45, 2.75) is 53.5 Å². The molecule has 1 atom stereocenters. The summed E-state index contributed by atoms with van der Waals surface area (Å²) in [4.78, 5) is 21.8. The second-order valence-corrected chi connectivity index (χ2v) is 17.2. The number of esters is 1. The highest BCUT2D eigenvalue weighted by molar-refractivity contribution is 14.1. The van der Waals surface area contributed by atoms with Gasteiger partial charge in [-0.25, -0.2) is 18.4 Å². The van der Waals surface area contributed by atoms with Crippen molar-refractivity contribution in [3.8, 4) is 11.7 Å². The van der Waals surface area contributed by atoms with Crippen molar-refractivity contribution in [3.63, 3.8) is 0 Å². The van der Waals surface area contributed by atoms with Crippen LogP contribution in [0.2, 0.25) is 10.0 Å². The molecule has 49 heavy (non-hydrogen) atoms. The van der Waals surface area contributed by atoms with Crippen LogP contribution < -0.4 is 9.04 Å². The summed E-state index contributed by atoms with van der Waals surface area (Å²) in [5.41, 5.74) is 0.149. The average molecular weight is 840 g/mol. The van der Waals surface area contributed by atoms with Gasteiger partial charge in [-0.05, 0) is 69.7 Å². The van der Waals surface area contributed by atoms with E-state index in [-0.39, 0.29) is 36.4 Å². The van der Waals surface area contributed by atoms with Gasteiger partial charge in [0.05, 0.1) is 45.1 Å². The highest BCUT2D eigenvalue weighted by atomic mass is 127. The summed E-state index contributed by atoms with van der Waals surface area (Å²) >= 11 is 14.6. The second-order valence-electron chi connectivity index (χ2n) is 12.5. The van der Waals surface area contributed by atoms with Gasteiger partial charge in [0.25, 0.3) is 10.0 Å². The summed E-state index contributed by atoms with van der Waals surface area (Å²) in [6.07, 6.45) is 13.2. The molecule has 1 saturated heterocycles. The number of anilines is 1. The third-order valence-electron chi connectivity index (χ3n) is 7.54. The zero-order valence-corrected chi connectivity index (χ0v) is 31.2. The Balaban J connectivity index is 1.20. The van der Waals surface area contributed by atoms with Crippen LogP contribution in [0, 0.1) is 0 Å². The molecule has 1 unspecified atom stereocenters. The van der Waals surface area contributed by atoms with Crippen molar-refractivity contribution < 1.29 is 32.2 Å². The van der Waals surface area contributed by atoms with Crippen LogP contribution in [0.4, 0.5) is 5.69 Å². The molecule has 0 saturated carbocycles. The molecule has 2 aliphatic rings. The van der Waals surface area contributed by atoms with Crippen LogP contribution in [0.15, 0.2) is 90.3 Å². The predicted octanol–water partition coefficient (Wildman–Crippen LogP) is 7.07. The fraction of sp³-hybridized carbons (Fsp3) is 0.324. The number of carbonyl (C=O) groups is 1. The Bertz CT molecular complexity index is 2000. The van der Waals surface area contributed by atoms with Gasteiger partial charge in [-0.15, -0.1) is 0 Å². The number of benzene rings is 2. The number of allylic oxidation sites excluding steroid dienone is 3. The molecule has 0 spiro atoms. The first-order chi connectivity index (χ1) is 23.2. The van der Waals surface area contributed by atoms with E-state index in [1.807, 2.05) is 22.8 Å². The van der Waals surface area contributed by atoms with Crippen LogP contribution in [0.5, 0.6) is 5.88 Å². The quantitative estimate of drug-likeness (QED) is 0.0990. The molecular weight excluding hydrogens is 806 g/mol. The fourth-order valence-corrected chi connectivity index (χ4v) is 8.33. The first kappa shape index (κ1) is 35.6. The third kappa shape index (κ3) is 8.24. The number of hydrogen-bond acceptors (Lipinski definition) is 9. The number of alkyl halides is 1. The molecule has 1 fully saturated rings. The van der Waals surface area contributed by atoms with Gasteiger partial charge in [0.1, 0.15) is 18.2 Å². The summed E-state index contributed by atoms with van der Waals surface area (Å²) < 4.78 is 53.8. The van der Waals surface area contributed by atoms with Gasteiger partial charge < -0.3 is 18.9 Å². The molecule has 3 heterocycles. The topological polar surface area (TPSA) is 122 Å². The summed E-state index contributed by atoms with van der Waals surface area (Å²) in [7, 11) is -4.30. The maximum absolute atomic E-state index is 13.9. The van der Waals surface area contributed by atoms with Gasteiger partial charge in [0.2, 0.25) is 5.88 Å². The van der Waals surface area contributed by atoms with Crippen LogP contribution in [0.1, 0.15) is 27.2 Å². The highest BCUT2D eigenvalue weighted by Crippen LogP contribution is 2.36. The Labute approximate surface area is 308 Å². The lowest BCUT2D eigenvalue weighted by Gasteiger charge is -2.38. The van der Waals surface area contributed by atoms with E-state index in [4.69, 9.17) is 42.1 Å². The molecule has 15 heteroatoms. The zero-order chi connectivity index (χ0) is 35.0. The lowest BCUT2D eigenvalue weighted by Crippen LogP contribution is -2.48. The molecule has 2 aromatic heterocycles. The molecule has 1 aliphatic carbocycles. The fourth-order valence-electron chi connectivity index (χ4n) is 5.38. The molecule has 0 amide bonds. The van der Waals surface area contributed by atoms with Crippen LogP contribution in [0.25, 0.3) is 16.7 Å². The molecule has 2 aromatic carbocycles. The molecular formula is C34H33Cl2IN4O7S. The van der Waals surface area contributed by atoms with Gasteiger partial charge in [-0.2, -0.15) is 0 Å². The maximum atomic E-state index is 13.9. The molecule has 1 aliphatic heterocycles. The molecule has 11 nitrogen and oxygen atoms in total. The monoisotopic (exact) mass is 838 g/mol. The number of ether oxygens (including phenoxy) is 4. The van der Waals surface area contributed by atoms with Crippen LogP contribution in [-0.2, 0) is 29.0 Å². The van der Waals surface area contributed by atoms with E-state index < -0.39 is 28.1 Å². The molecule has 6 rings (SSSR count). The molecule has 0 bridgehead atoms. The standard InChI is InChI=1S/C34H33Cl2IN4O7S/c1-33(2,3)48-31(42)19-41(49(43,44)27-15-23(35)14-24(36)16-27)25-7-8-28-22(13-25)9-12-40(28)29-17-39-30(18-38-29)47-26-20-45-32(46-21-26)34(37)10-5-4-6-11-34/h4-10,12-18,26,32H,11,19-21H2,1-3H3. The number of fused-ring (bicyclic) bond motifs is 1. The lowest BCUT2D eigenvalue weighted by molar-refractivity contribution is -0.217. The largest absolute Gasteiger partial charge is 0.468 e. The van der Waals surface area contributed by atoms with Gasteiger partial charge >= 0.3 is 5.97 Å². The van der Waals surface area contributed by atoms with Crippen LogP contribution >= 0.6 is 45.8 Å². The number of aromatic nitrogens is 3. The van der Waals surface area contributed by atoms with E-state index in [0.717, 1.165) is 16.2 Å². The predicted molar refractivity (Wildman–Crippen MR) is 195 cm³/mol. The van der Waals surface area contributed by atoms with Gasteiger partial charge in [-0.3, -0.25) is 13.7 Å². The summed E-state index contributed by atoms with van der Waals surface area (Å²) in [6, 6.07) is 10.8. The Hall–Kier alpha value is -3.21. The number of halogens is 3. The molecule has 0 radical (unpaired) electrons. The van der Waals surface area contributed by atoms with Crippen molar-refractivity contribution >= 4 is 78.4 Å². The van der Waals surface area contributed by atoms with E-state index in [1.54, 1.807) is 51.4 Å². The average Bonchev–Trinajstić information content (AvgIpc) is 3.47. The number of rotatable bonds is 9. The molecule has 0 N–H and O–H groups in total. The first-order valence-electron chi connectivity index (χ1n) is 15.3. The molecule has 4 aromatic rings. The van der Waals surface area contributed by atoms with E-state index in [9.17, 15) is 13.2 Å². The first-order valence-corrected chi connectivity index (χ1v) is 18.6. The minimum Gasteiger partial charge on any atom is -0.468 e. The van der Waals surface area contributed by atoms with Gasteiger partial charge in [0, 0.05) is 21.6 Å². The normalized spacial score (nSPS) is 21.1. The Kier molecular flexibility index (Phi) is 10.3. The minimum atomic E-state index is -4.30. The van der Waals surface area contributed by atoms with E-state index >= 15 is 0 Å². The second kappa shape index (κ2) is 14.2. The number of hydrogen-bond donors (Lipinski definition) is 0. The lowest BCUT2D eigenvalue weighted by atomic mass is 10.00. The zero-order valence-electron chi connectivity index (χ0n) is 26.8. The van der Waals surface area contributed by atoms with E-state index in [1.165, 1.54) is 24.4 Å². The highest BCUT2D eigenvalue weighted by Gasteiger charge is 2.39. The SMILES string of the molecule is CC(C)(C)OC(=O)CN(c1ccc2c(ccn2-c2cnc(OC3COC(C4(I)C=CC=CC4)OC3)cn2)c1)S(=O)(=O)c1cc(Cl)cc(Cl)c1. The Morgan fingerprint density at radius 3 is 2.43 bits per heavy atom. The van der Waals surface area contributed by atoms with Crippen molar-refractivity contribution in [1.29, 1.82) is 0 Å². The summed E-state index contributed by atoms with van der Waals surface area (Å²) in [5, 5.41) is 0.971. The van der Waals surface area contributed by atoms with Crippen molar-refractivity contribution in [1.82, 2.24) is 14.5 Å². The van der Waals surface area contributed by atoms with E-state index in [0.29, 0.717) is 30.3 Å². The minimum absolute atomic E-state index is 0.140. The number of carbonyl (C=O) groups excluding carboxylic acids is 1. The van der Waals surface area contributed by atoms with Gasteiger partial charge in [-0.1, -0.05) is 70.1 Å². The maximum Gasteiger partial charge on any atom is 0.327 e. The van der Waals surface area contributed by atoms with Gasteiger partial charge in [0.15, 0.2) is 12.1 Å². The summed E-state index contributed by atoms with van der Waals surface area (Å²) in [6.45, 7) is 5.25. The van der Waals surface area contributed by atoms with Crippen molar-refractivity contribution in [3.05, 3.63) is 95.4 Å². The Morgan fingerprint density at radius 1 is 1.06 bits per heavy atom. The molecule has 258 valence electrons. The Morgan fingerprint density at radius 2 is 1.80 bits per heavy atom. The van der Waals surface area contributed by atoms with Crippen molar-refractivity contribution in [2.75, 3.05) is 24.1 Å². The van der Waals surface area contributed by atoms with E-state index in [2.05, 4.69) is 44.7 Å². The van der Waals surface area contributed by atoms with Crippen LogP contribution in [0.3, 0.4) is 0 Å². The van der Waals surface area contributed by atoms with Crippen molar-refractivity contribution in [2.24, 2.45) is 0 Å². The van der Waals surface area contributed by atoms with Crippen LogP contribution in [-0.4, -0.2) is 70.1 Å². The smallest absolute Gasteiger partial charge is 0.327 e. The summed E-state index contributed by atoms with van der Waals surface area (Å²) in [5.74, 6) is 0.118. The third-order valence-corrected chi connectivity index (χ3v) is 11.0.